The van der Waals surface area contributed by atoms with Crippen LogP contribution in [0, 0.1) is 13.8 Å². The molecule has 1 unspecified atom stereocenters. The van der Waals surface area contributed by atoms with Crippen LogP contribution in [0.15, 0.2) is 53.1 Å². The van der Waals surface area contributed by atoms with E-state index in [4.69, 9.17) is 4.18 Å². The Balaban J connectivity index is 0.00000352. The minimum atomic E-state index is -1.61. The number of amides is 2. The molecule has 0 fully saturated rings. The van der Waals surface area contributed by atoms with Gasteiger partial charge < -0.3 is 9.50 Å². The van der Waals surface area contributed by atoms with Crippen LogP contribution >= 0.6 is 0 Å². The van der Waals surface area contributed by atoms with Gasteiger partial charge >= 0.3 is 6.03 Å². The van der Waals surface area contributed by atoms with Crippen LogP contribution < -0.4 is 9.50 Å². The number of nitrogens with zero attached hydrogens (tertiary/aromatic N) is 1. The van der Waals surface area contributed by atoms with Crippen LogP contribution in [0.1, 0.15) is 45.7 Å². The van der Waals surface area contributed by atoms with Gasteiger partial charge in [0.2, 0.25) is 11.1 Å². The standard InChI is InChI=1S/C20H28N2O3S.C2H6/c1-7-9-18(22(8-2)20(23)21-6)12-11-17(5)26(24)25-19-13-10-15(3)16(4)14-19;1-2/h7,9-14H,8H2,1-6H3,(H,21,23);1-2H3/b9-7-,17-11+,18-12+;. The molecule has 1 atom stereocenters. The fourth-order valence-corrected chi connectivity index (χ4v) is 2.75. The van der Waals surface area contributed by atoms with Crippen molar-refractivity contribution in [2.24, 2.45) is 0 Å². The average molecular weight is 407 g/mol. The van der Waals surface area contributed by atoms with Crippen molar-refractivity contribution in [1.29, 1.82) is 0 Å². The van der Waals surface area contributed by atoms with Crippen LogP contribution in [-0.2, 0) is 11.1 Å². The van der Waals surface area contributed by atoms with Gasteiger partial charge in [0.25, 0.3) is 0 Å². The number of aryl methyl sites for hydroxylation is 2. The lowest BCUT2D eigenvalue weighted by atomic mass is 10.1. The van der Waals surface area contributed by atoms with Crippen molar-refractivity contribution in [3.05, 3.63) is 64.2 Å². The van der Waals surface area contributed by atoms with Crippen molar-refractivity contribution >= 4 is 17.1 Å². The highest BCUT2D eigenvalue weighted by Crippen LogP contribution is 2.19. The number of benzene rings is 1. The van der Waals surface area contributed by atoms with Crippen molar-refractivity contribution < 1.29 is 13.2 Å². The average Bonchev–Trinajstić information content (AvgIpc) is 2.70. The molecule has 0 aromatic heterocycles. The van der Waals surface area contributed by atoms with Crippen LogP contribution in [0.4, 0.5) is 4.79 Å². The Kier molecular flexibility index (Phi) is 12.6. The minimum Gasteiger partial charge on any atom is -0.397 e. The molecule has 0 saturated carbocycles. The molecule has 1 N–H and O–H groups in total. The first-order chi connectivity index (χ1) is 13.3. The number of rotatable bonds is 7. The second-order valence-electron chi connectivity index (χ2n) is 5.73. The maximum Gasteiger partial charge on any atom is 0.321 e. The van der Waals surface area contributed by atoms with Gasteiger partial charge in [0.1, 0.15) is 5.75 Å². The molecule has 156 valence electrons. The quantitative estimate of drug-likeness (QED) is 0.617. The van der Waals surface area contributed by atoms with E-state index in [-0.39, 0.29) is 6.03 Å². The van der Waals surface area contributed by atoms with Gasteiger partial charge in [-0.15, -0.1) is 0 Å². The third kappa shape index (κ3) is 8.13. The normalized spacial score (nSPS) is 12.9. The predicted molar refractivity (Wildman–Crippen MR) is 120 cm³/mol. The Labute approximate surface area is 172 Å². The first kappa shape index (κ1) is 25.7. The van der Waals surface area contributed by atoms with E-state index in [9.17, 15) is 9.00 Å². The van der Waals surface area contributed by atoms with E-state index in [2.05, 4.69) is 5.32 Å². The Morgan fingerprint density at radius 1 is 1.21 bits per heavy atom. The van der Waals surface area contributed by atoms with E-state index >= 15 is 0 Å². The number of allylic oxidation sites excluding steroid dienone is 5. The number of hydrogen-bond donors (Lipinski definition) is 1. The zero-order chi connectivity index (χ0) is 21.7. The molecule has 0 bridgehead atoms. The Morgan fingerprint density at radius 3 is 2.36 bits per heavy atom. The lowest BCUT2D eigenvalue weighted by Crippen LogP contribution is -2.36. The molecule has 0 aliphatic rings. The van der Waals surface area contributed by atoms with E-state index < -0.39 is 11.1 Å². The lowest BCUT2D eigenvalue weighted by molar-refractivity contribution is 0.216. The molecule has 0 radical (unpaired) electrons. The van der Waals surface area contributed by atoms with Crippen LogP contribution in [0.25, 0.3) is 0 Å². The Hall–Kier alpha value is -2.34. The van der Waals surface area contributed by atoms with E-state index in [1.807, 2.05) is 65.8 Å². The van der Waals surface area contributed by atoms with E-state index in [1.54, 1.807) is 37.1 Å². The number of hydrogen-bond acceptors (Lipinski definition) is 3. The second kappa shape index (κ2) is 13.8. The van der Waals surface area contributed by atoms with Crippen molar-refractivity contribution in [3.63, 3.8) is 0 Å². The fourth-order valence-electron chi connectivity index (χ4n) is 2.16. The maximum absolute atomic E-state index is 12.4. The van der Waals surface area contributed by atoms with Gasteiger partial charge in [-0.05, 0) is 76.1 Å². The number of carbonyl (C=O) groups is 1. The largest absolute Gasteiger partial charge is 0.397 e. The summed E-state index contributed by atoms with van der Waals surface area (Å²) in [5.74, 6) is 0.567. The zero-order valence-corrected chi connectivity index (χ0v) is 19.1. The topological polar surface area (TPSA) is 58.6 Å². The maximum atomic E-state index is 12.4. The van der Waals surface area contributed by atoms with Crippen LogP contribution in [0.3, 0.4) is 0 Å². The summed E-state index contributed by atoms with van der Waals surface area (Å²) in [6, 6.07) is 5.41. The molecule has 1 rings (SSSR count). The summed E-state index contributed by atoms with van der Waals surface area (Å²) in [7, 11) is 1.59. The molecule has 5 nitrogen and oxygen atoms in total. The molecule has 0 saturated heterocycles. The van der Waals surface area contributed by atoms with E-state index in [0.29, 0.717) is 22.9 Å². The first-order valence-electron chi connectivity index (χ1n) is 9.51. The van der Waals surface area contributed by atoms with Crippen molar-refractivity contribution in [1.82, 2.24) is 10.2 Å². The third-order valence-corrected chi connectivity index (χ3v) is 4.83. The van der Waals surface area contributed by atoms with Gasteiger partial charge in [-0.3, -0.25) is 4.90 Å². The van der Waals surface area contributed by atoms with Crippen molar-refractivity contribution in [3.8, 4) is 5.75 Å². The van der Waals surface area contributed by atoms with Gasteiger partial charge in [0.05, 0.1) is 4.91 Å². The molecule has 1 aromatic rings. The summed E-state index contributed by atoms with van der Waals surface area (Å²) in [4.78, 5) is 14.1. The number of likely N-dealkylation sites (N-methyl/N-ethyl adjacent to an activating group) is 1. The molecular formula is C22H34N2O3S. The summed E-state index contributed by atoms with van der Waals surface area (Å²) in [5, 5.41) is 2.61. The monoisotopic (exact) mass is 406 g/mol. The van der Waals surface area contributed by atoms with Crippen molar-refractivity contribution in [2.75, 3.05) is 13.6 Å². The minimum absolute atomic E-state index is 0.199. The first-order valence-corrected chi connectivity index (χ1v) is 10.6. The molecule has 0 aliphatic heterocycles. The van der Waals surface area contributed by atoms with Crippen LogP contribution in [0.5, 0.6) is 5.75 Å². The molecule has 0 aliphatic carbocycles. The van der Waals surface area contributed by atoms with E-state index in [0.717, 1.165) is 11.1 Å². The summed E-state index contributed by atoms with van der Waals surface area (Å²) in [6.07, 6.45) is 7.15. The predicted octanol–water partition coefficient (Wildman–Crippen LogP) is 5.40. The van der Waals surface area contributed by atoms with Crippen LogP contribution in [-0.4, -0.2) is 28.7 Å². The number of nitrogens with one attached hydrogen (secondary N) is 1. The highest BCUT2D eigenvalue weighted by molar-refractivity contribution is 7.84. The smallest absolute Gasteiger partial charge is 0.321 e. The van der Waals surface area contributed by atoms with Gasteiger partial charge in [-0.25, -0.2) is 9.00 Å². The van der Waals surface area contributed by atoms with Crippen LogP contribution in [0.2, 0.25) is 0 Å². The zero-order valence-electron chi connectivity index (χ0n) is 18.3. The molecule has 1 aromatic carbocycles. The van der Waals surface area contributed by atoms with Gasteiger partial charge in [0.15, 0.2) is 0 Å². The van der Waals surface area contributed by atoms with E-state index in [1.165, 1.54) is 0 Å². The third-order valence-electron chi connectivity index (χ3n) is 3.83. The van der Waals surface area contributed by atoms with Crippen molar-refractivity contribution in [2.45, 2.75) is 48.5 Å². The Bertz CT molecular complexity index is 752. The van der Waals surface area contributed by atoms with Gasteiger partial charge in [-0.2, -0.15) is 0 Å². The summed E-state index contributed by atoms with van der Waals surface area (Å²) >= 11 is -1.61. The fraction of sp³-hybridized carbons (Fsp3) is 0.409. The number of carbonyl (C=O) groups excluding carboxylic acids is 1. The highest BCUT2D eigenvalue weighted by atomic mass is 32.2. The molecule has 6 heteroatoms. The molecule has 2 amide bonds. The molecular weight excluding hydrogens is 372 g/mol. The van der Waals surface area contributed by atoms with Gasteiger partial charge in [0, 0.05) is 19.3 Å². The molecule has 28 heavy (non-hydrogen) atoms. The lowest BCUT2D eigenvalue weighted by Gasteiger charge is -2.21. The second-order valence-corrected chi connectivity index (χ2v) is 7.01. The Morgan fingerprint density at radius 2 is 1.86 bits per heavy atom. The molecule has 0 heterocycles. The number of urea groups is 1. The van der Waals surface area contributed by atoms with Gasteiger partial charge in [-0.1, -0.05) is 26.0 Å². The summed E-state index contributed by atoms with van der Waals surface area (Å²) in [5.41, 5.74) is 2.95. The molecule has 0 spiro atoms. The SMILES string of the molecule is CC.C\C=C/C(=C\C=C(/C)S(=O)Oc1ccc(C)c(C)c1)N(CC)C(=O)NC. The summed E-state index contributed by atoms with van der Waals surface area (Å²) in [6.45, 7) is 14.0. The summed E-state index contributed by atoms with van der Waals surface area (Å²) < 4.78 is 17.9. The highest BCUT2D eigenvalue weighted by Gasteiger charge is 2.12.